The largest absolute Gasteiger partial charge is 0.463 e. The van der Waals surface area contributed by atoms with Crippen LogP contribution in [-0.2, 0) is 9.53 Å². The van der Waals surface area contributed by atoms with E-state index in [1.165, 1.54) is 13.0 Å². The molecule has 1 aromatic rings. The van der Waals surface area contributed by atoms with E-state index in [0.29, 0.717) is 15.7 Å². The zero-order chi connectivity index (χ0) is 13.8. The zero-order valence-corrected chi connectivity index (χ0v) is 12.1. The first kappa shape index (κ1) is 15.2. The van der Waals surface area contributed by atoms with E-state index in [1.807, 2.05) is 0 Å². The van der Waals surface area contributed by atoms with Gasteiger partial charge in [-0.1, -0.05) is 34.8 Å². The van der Waals surface area contributed by atoms with Crippen LogP contribution in [0.4, 0.5) is 5.69 Å². The topological polar surface area (TPSA) is 51.0 Å². The van der Waals surface area contributed by atoms with Gasteiger partial charge in [0.05, 0.1) is 11.6 Å². The first-order valence-corrected chi connectivity index (χ1v) is 6.24. The first-order chi connectivity index (χ1) is 8.36. The van der Waals surface area contributed by atoms with Gasteiger partial charge in [0.25, 0.3) is 0 Å². The number of benzene rings is 1. The molecule has 0 aliphatic carbocycles. The van der Waals surface area contributed by atoms with Crippen molar-refractivity contribution in [1.29, 1.82) is 0 Å². The summed E-state index contributed by atoms with van der Waals surface area (Å²) < 4.78 is 4.77. The van der Waals surface area contributed by atoms with E-state index in [4.69, 9.17) is 39.5 Å². The third-order valence-corrected chi connectivity index (χ3v) is 2.69. The van der Waals surface area contributed by atoms with E-state index in [9.17, 15) is 4.79 Å². The first-order valence-electron chi connectivity index (χ1n) is 5.11. The van der Waals surface area contributed by atoms with Crippen LogP contribution in [0.3, 0.4) is 0 Å². The predicted octanol–water partition coefficient (Wildman–Crippen LogP) is 4.60. The van der Waals surface area contributed by atoms with Gasteiger partial charge in [0.1, 0.15) is 5.69 Å². The molecule has 0 spiro atoms. The second kappa shape index (κ2) is 6.36. The Kier molecular flexibility index (Phi) is 5.38. The van der Waals surface area contributed by atoms with Crippen LogP contribution in [0.15, 0.2) is 28.4 Å². The van der Waals surface area contributed by atoms with Gasteiger partial charge < -0.3 is 4.74 Å². The normalized spacial score (nSPS) is 14.5. The minimum Gasteiger partial charge on any atom is -0.463 e. The van der Waals surface area contributed by atoms with Crippen molar-refractivity contribution in [3.63, 3.8) is 0 Å². The molecule has 0 aromatic heterocycles. The molecule has 0 saturated heterocycles. The van der Waals surface area contributed by atoms with Crippen LogP contribution in [0.2, 0.25) is 10.0 Å². The van der Waals surface area contributed by atoms with Gasteiger partial charge in [-0.05, 0) is 32.0 Å². The molecule has 18 heavy (non-hydrogen) atoms. The highest BCUT2D eigenvalue weighted by Crippen LogP contribution is 2.30. The Hall–Kier alpha value is -0.840. The minimum atomic E-state index is -1.58. The lowest BCUT2D eigenvalue weighted by Gasteiger charge is -2.13. The number of esters is 1. The van der Waals surface area contributed by atoms with Gasteiger partial charge in [0.2, 0.25) is 5.00 Å². The number of carbonyl (C=O) groups excluding carboxylic acids is 1. The molecule has 7 heteroatoms. The third kappa shape index (κ3) is 4.12. The standard InChI is InChI=1S/C11H11Cl3N2O2/c1-3-18-10(17)11(2,14)16-15-9-6-7(12)4-5-8(9)13/h4-6H,3H2,1-2H3/b16-15+. The summed E-state index contributed by atoms with van der Waals surface area (Å²) in [6.07, 6.45) is 0. The summed E-state index contributed by atoms with van der Waals surface area (Å²) in [6, 6.07) is 4.72. The molecule has 0 aliphatic rings. The number of azo groups is 1. The molecule has 0 aliphatic heterocycles. The summed E-state index contributed by atoms with van der Waals surface area (Å²) >= 11 is 17.6. The number of alkyl halides is 1. The molecular formula is C11H11Cl3N2O2. The maximum Gasteiger partial charge on any atom is 0.351 e. The molecule has 1 atom stereocenters. The third-order valence-electron chi connectivity index (χ3n) is 1.90. The molecule has 1 rings (SSSR count). The van der Waals surface area contributed by atoms with E-state index in [0.717, 1.165) is 0 Å². The molecule has 0 saturated carbocycles. The second-order valence-corrected chi connectivity index (χ2v) is 5.05. The number of hydrogen-bond donors (Lipinski definition) is 0. The van der Waals surface area contributed by atoms with Gasteiger partial charge in [-0.3, -0.25) is 0 Å². The van der Waals surface area contributed by atoms with E-state index in [2.05, 4.69) is 10.2 Å². The lowest BCUT2D eigenvalue weighted by molar-refractivity contribution is -0.145. The fourth-order valence-electron chi connectivity index (χ4n) is 1.01. The van der Waals surface area contributed by atoms with Gasteiger partial charge in [0.15, 0.2) is 0 Å². The van der Waals surface area contributed by atoms with Gasteiger partial charge in [0, 0.05) is 5.02 Å². The summed E-state index contributed by atoms with van der Waals surface area (Å²) in [5.41, 5.74) is 0.334. The summed E-state index contributed by atoms with van der Waals surface area (Å²) in [5, 5.41) is 8.36. The number of ether oxygens (including phenoxy) is 1. The molecule has 0 bridgehead atoms. The van der Waals surface area contributed by atoms with E-state index >= 15 is 0 Å². The van der Waals surface area contributed by atoms with Crippen LogP contribution in [0.5, 0.6) is 0 Å². The Morgan fingerprint density at radius 3 is 2.72 bits per heavy atom. The summed E-state index contributed by atoms with van der Waals surface area (Å²) in [6.45, 7) is 3.28. The average Bonchev–Trinajstić information content (AvgIpc) is 2.31. The Bertz CT molecular complexity index is 475. The Morgan fingerprint density at radius 1 is 1.44 bits per heavy atom. The van der Waals surface area contributed by atoms with Crippen LogP contribution >= 0.6 is 34.8 Å². The lowest BCUT2D eigenvalue weighted by atomic mass is 10.3. The summed E-state index contributed by atoms with van der Waals surface area (Å²) in [5.74, 6) is -0.673. The number of halogens is 3. The van der Waals surface area contributed by atoms with Crippen LogP contribution in [0.25, 0.3) is 0 Å². The Labute approximate surface area is 120 Å². The van der Waals surface area contributed by atoms with Crippen molar-refractivity contribution in [2.45, 2.75) is 18.8 Å². The SMILES string of the molecule is CCOC(=O)C(C)(Cl)/N=N/c1cc(Cl)ccc1Cl. The molecule has 0 fully saturated rings. The maximum absolute atomic E-state index is 11.5. The zero-order valence-electron chi connectivity index (χ0n) is 9.78. The van der Waals surface area contributed by atoms with Crippen molar-refractivity contribution < 1.29 is 9.53 Å². The number of hydrogen-bond acceptors (Lipinski definition) is 4. The van der Waals surface area contributed by atoms with E-state index < -0.39 is 11.0 Å². The minimum absolute atomic E-state index is 0.217. The Morgan fingerprint density at radius 2 is 2.11 bits per heavy atom. The summed E-state index contributed by atoms with van der Waals surface area (Å²) in [7, 11) is 0. The van der Waals surface area contributed by atoms with Gasteiger partial charge in [-0.15, -0.1) is 0 Å². The molecule has 1 aromatic carbocycles. The molecule has 0 amide bonds. The van der Waals surface area contributed by atoms with Crippen LogP contribution in [0, 0.1) is 0 Å². The lowest BCUT2D eigenvalue weighted by Crippen LogP contribution is -2.28. The fraction of sp³-hybridized carbons (Fsp3) is 0.364. The van der Waals surface area contributed by atoms with Crippen molar-refractivity contribution in [2.75, 3.05) is 6.61 Å². The molecular weight excluding hydrogens is 298 g/mol. The van der Waals surface area contributed by atoms with Crippen molar-refractivity contribution in [2.24, 2.45) is 10.2 Å². The van der Waals surface area contributed by atoms with E-state index in [1.54, 1.807) is 19.1 Å². The average molecular weight is 310 g/mol. The quantitative estimate of drug-likeness (QED) is 0.353. The van der Waals surface area contributed by atoms with Crippen molar-refractivity contribution in [1.82, 2.24) is 0 Å². The number of nitrogens with zero attached hydrogens (tertiary/aromatic N) is 2. The molecule has 1 unspecified atom stereocenters. The predicted molar refractivity (Wildman–Crippen MR) is 71.9 cm³/mol. The number of rotatable bonds is 4. The molecule has 0 heterocycles. The highest BCUT2D eigenvalue weighted by molar-refractivity contribution is 6.35. The van der Waals surface area contributed by atoms with Crippen LogP contribution in [-0.4, -0.2) is 17.6 Å². The molecule has 0 radical (unpaired) electrons. The van der Waals surface area contributed by atoms with Gasteiger partial charge >= 0.3 is 5.97 Å². The highest BCUT2D eigenvalue weighted by Gasteiger charge is 2.32. The van der Waals surface area contributed by atoms with Crippen LogP contribution < -0.4 is 0 Å². The smallest absolute Gasteiger partial charge is 0.351 e. The molecule has 0 N–H and O–H groups in total. The monoisotopic (exact) mass is 308 g/mol. The van der Waals surface area contributed by atoms with Crippen LogP contribution in [0.1, 0.15) is 13.8 Å². The van der Waals surface area contributed by atoms with Gasteiger partial charge in [-0.25, -0.2) is 4.79 Å². The van der Waals surface area contributed by atoms with Crippen molar-refractivity contribution in [3.05, 3.63) is 28.2 Å². The fourth-order valence-corrected chi connectivity index (χ4v) is 1.43. The maximum atomic E-state index is 11.5. The Balaban J connectivity index is 2.91. The molecule has 98 valence electrons. The van der Waals surface area contributed by atoms with Crippen molar-refractivity contribution >= 4 is 46.5 Å². The highest BCUT2D eigenvalue weighted by atomic mass is 35.5. The van der Waals surface area contributed by atoms with Crippen molar-refractivity contribution in [3.8, 4) is 0 Å². The van der Waals surface area contributed by atoms with E-state index in [-0.39, 0.29) is 6.61 Å². The summed E-state index contributed by atoms with van der Waals surface area (Å²) in [4.78, 5) is 9.89. The van der Waals surface area contributed by atoms with Gasteiger partial charge in [-0.2, -0.15) is 10.2 Å². The second-order valence-electron chi connectivity index (χ2n) is 3.47. The molecule has 4 nitrogen and oxygen atoms in total. The number of carbonyl (C=O) groups is 1.